The van der Waals surface area contributed by atoms with E-state index in [9.17, 15) is 23.1 Å². The summed E-state index contributed by atoms with van der Waals surface area (Å²) in [6.07, 6.45) is -2.33. The fraction of sp³-hybridized carbons (Fsp3) is 0.333. The van der Waals surface area contributed by atoms with Crippen molar-refractivity contribution in [2.45, 2.75) is 24.6 Å². The summed E-state index contributed by atoms with van der Waals surface area (Å²) >= 11 is 0. The molecule has 1 aromatic carbocycles. The van der Waals surface area contributed by atoms with Crippen molar-refractivity contribution >= 4 is 5.91 Å². The number of aliphatic hydroxyl groups is 1. The molecule has 132 valence electrons. The van der Waals surface area contributed by atoms with Crippen LogP contribution in [0.1, 0.15) is 34.5 Å². The van der Waals surface area contributed by atoms with E-state index in [2.05, 4.69) is 4.98 Å². The van der Waals surface area contributed by atoms with Gasteiger partial charge >= 0.3 is 6.18 Å². The molecule has 0 atom stereocenters. The molecule has 1 N–H and O–H groups in total. The molecule has 0 spiro atoms. The Morgan fingerprint density at radius 2 is 1.84 bits per heavy atom. The Balaban J connectivity index is 1.72. The second-order valence-corrected chi connectivity index (χ2v) is 6.12. The van der Waals surface area contributed by atoms with Gasteiger partial charge in [0.1, 0.15) is 5.60 Å². The summed E-state index contributed by atoms with van der Waals surface area (Å²) in [5.74, 6) is -0.464. The second kappa shape index (κ2) is 6.48. The van der Waals surface area contributed by atoms with E-state index in [0.717, 1.165) is 12.1 Å². The molecule has 1 aromatic heterocycles. The number of alkyl halides is 3. The molecule has 7 heteroatoms. The zero-order chi connectivity index (χ0) is 18.1. The summed E-state index contributed by atoms with van der Waals surface area (Å²) in [5, 5.41) is 10.7. The van der Waals surface area contributed by atoms with Gasteiger partial charge in [0.2, 0.25) is 0 Å². The van der Waals surface area contributed by atoms with Crippen LogP contribution >= 0.6 is 0 Å². The molecule has 1 aliphatic heterocycles. The maximum atomic E-state index is 12.8. The van der Waals surface area contributed by atoms with Crippen LogP contribution in [-0.2, 0) is 11.8 Å². The number of carbonyl (C=O) groups is 1. The molecule has 2 heterocycles. The van der Waals surface area contributed by atoms with Crippen molar-refractivity contribution in [2.75, 3.05) is 13.1 Å². The number of carbonyl (C=O) groups excluding carboxylic acids is 1. The average Bonchev–Trinajstić information content (AvgIpc) is 2.62. The quantitative estimate of drug-likeness (QED) is 0.905. The molecule has 1 fully saturated rings. The van der Waals surface area contributed by atoms with Gasteiger partial charge < -0.3 is 10.0 Å². The van der Waals surface area contributed by atoms with Crippen LogP contribution in [0.4, 0.5) is 13.2 Å². The van der Waals surface area contributed by atoms with Crippen molar-refractivity contribution in [1.29, 1.82) is 0 Å². The molecule has 0 bridgehead atoms. The van der Waals surface area contributed by atoms with Crippen molar-refractivity contribution in [1.82, 2.24) is 9.88 Å². The molecule has 2 aromatic rings. The highest BCUT2D eigenvalue weighted by molar-refractivity contribution is 5.94. The number of nitrogens with zero attached hydrogens (tertiary/aromatic N) is 2. The van der Waals surface area contributed by atoms with Crippen LogP contribution in [-0.4, -0.2) is 34.0 Å². The molecule has 0 saturated carbocycles. The van der Waals surface area contributed by atoms with E-state index < -0.39 is 23.2 Å². The molecular formula is C18H17F3N2O2. The van der Waals surface area contributed by atoms with Crippen LogP contribution in [0.15, 0.2) is 48.7 Å². The zero-order valence-corrected chi connectivity index (χ0v) is 13.3. The first-order valence-corrected chi connectivity index (χ1v) is 7.90. The number of benzene rings is 1. The Morgan fingerprint density at radius 1 is 1.12 bits per heavy atom. The minimum atomic E-state index is -4.49. The number of halogens is 3. The van der Waals surface area contributed by atoms with Crippen LogP contribution in [0, 0.1) is 0 Å². The predicted molar refractivity (Wildman–Crippen MR) is 84.7 cm³/mol. The van der Waals surface area contributed by atoms with Crippen molar-refractivity contribution in [3.63, 3.8) is 0 Å². The van der Waals surface area contributed by atoms with Crippen molar-refractivity contribution < 1.29 is 23.1 Å². The highest BCUT2D eigenvalue weighted by Crippen LogP contribution is 2.33. The molecule has 1 amide bonds. The third-order valence-corrected chi connectivity index (χ3v) is 4.46. The third kappa shape index (κ3) is 3.66. The fourth-order valence-electron chi connectivity index (χ4n) is 2.99. The minimum absolute atomic E-state index is 0.00176. The van der Waals surface area contributed by atoms with E-state index in [1.54, 1.807) is 24.4 Å². The number of hydrogen-bond acceptors (Lipinski definition) is 3. The highest BCUT2D eigenvalue weighted by atomic mass is 19.4. The number of likely N-dealkylation sites (tertiary alicyclic amines) is 1. The topological polar surface area (TPSA) is 53.4 Å². The summed E-state index contributed by atoms with van der Waals surface area (Å²) in [5.41, 5.74) is -1.43. The van der Waals surface area contributed by atoms with E-state index >= 15 is 0 Å². The van der Waals surface area contributed by atoms with Gasteiger partial charge in [0.25, 0.3) is 5.91 Å². The van der Waals surface area contributed by atoms with E-state index in [1.807, 2.05) is 0 Å². The predicted octanol–water partition coefficient (Wildman–Crippen LogP) is 3.22. The Bertz CT molecular complexity index is 754. The molecule has 0 unspecified atom stereocenters. The number of piperidine rings is 1. The normalized spacial score (nSPS) is 17.4. The molecule has 3 rings (SSSR count). The monoisotopic (exact) mass is 350 g/mol. The van der Waals surface area contributed by atoms with Gasteiger partial charge in [-0.1, -0.05) is 12.1 Å². The summed E-state index contributed by atoms with van der Waals surface area (Å²) in [6, 6.07) is 9.65. The van der Waals surface area contributed by atoms with Gasteiger partial charge in [-0.25, -0.2) is 0 Å². The first-order valence-electron chi connectivity index (χ1n) is 7.90. The Kier molecular flexibility index (Phi) is 4.51. The van der Waals surface area contributed by atoms with Crippen molar-refractivity contribution in [3.05, 3.63) is 65.5 Å². The molecular weight excluding hydrogens is 333 g/mol. The first-order chi connectivity index (χ1) is 11.8. The Hall–Kier alpha value is -2.41. The summed E-state index contributed by atoms with van der Waals surface area (Å²) < 4.78 is 38.4. The lowest BCUT2D eigenvalue weighted by Crippen LogP contribution is -2.45. The summed E-state index contributed by atoms with van der Waals surface area (Å²) in [4.78, 5) is 18.1. The average molecular weight is 350 g/mol. The van der Waals surface area contributed by atoms with Crippen LogP contribution in [0.25, 0.3) is 0 Å². The van der Waals surface area contributed by atoms with Gasteiger partial charge in [-0.3, -0.25) is 9.78 Å². The number of hydrogen-bond donors (Lipinski definition) is 1. The fourth-order valence-corrected chi connectivity index (χ4v) is 2.99. The smallest absolute Gasteiger partial charge is 0.383 e. The summed E-state index contributed by atoms with van der Waals surface area (Å²) in [6.45, 7) is 0.504. The molecule has 1 saturated heterocycles. The van der Waals surface area contributed by atoms with Crippen LogP contribution in [0.3, 0.4) is 0 Å². The lowest BCUT2D eigenvalue weighted by Gasteiger charge is -2.37. The summed E-state index contributed by atoms with van der Waals surface area (Å²) in [7, 11) is 0. The van der Waals surface area contributed by atoms with Gasteiger partial charge in [-0.2, -0.15) is 13.2 Å². The molecule has 1 aliphatic rings. The number of pyridine rings is 1. The van der Waals surface area contributed by atoms with Crippen LogP contribution in [0.2, 0.25) is 0 Å². The van der Waals surface area contributed by atoms with Gasteiger partial charge in [0.15, 0.2) is 0 Å². The molecule has 4 nitrogen and oxygen atoms in total. The lowest BCUT2D eigenvalue weighted by atomic mass is 9.87. The van der Waals surface area contributed by atoms with E-state index in [-0.39, 0.29) is 31.5 Å². The SMILES string of the molecule is O=C(c1cccc(C(F)(F)F)c1)N1CCC(O)(c2ccccn2)CC1. The largest absolute Gasteiger partial charge is 0.416 e. The number of amides is 1. The number of aromatic nitrogens is 1. The third-order valence-electron chi connectivity index (χ3n) is 4.46. The highest BCUT2D eigenvalue weighted by Gasteiger charge is 2.37. The van der Waals surface area contributed by atoms with E-state index in [4.69, 9.17) is 0 Å². The lowest BCUT2D eigenvalue weighted by molar-refractivity contribution is -0.137. The van der Waals surface area contributed by atoms with E-state index in [1.165, 1.54) is 17.0 Å². The molecule has 25 heavy (non-hydrogen) atoms. The molecule has 0 aliphatic carbocycles. The second-order valence-electron chi connectivity index (χ2n) is 6.12. The standard InChI is InChI=1S/C18H17F3N2O2/c19-18(20,21)14-5-3-4-13(12-14)16(24)23-10-7-17(25,8-11-23)15-6-1-2-9-22-15/h1-6,9,12,25H,7-8,10-11H2. The number of rotatable bonds is 2. The van der Waals surface area contributed by atoms with Gasteiger partial charge in [-0.15, -0.1) is 0 Å². The van der Waals surface area contributed by atoms with E-state index in [0.29, 0.717) is 5.69 Å². The Morgan fingerprint density at radius 3 is 2.44 bits per heavy atom. The van der Waals surface area contributed by atoms with Crippen LogP contribution < -0.4 is 0 Å². The molecule has 0 radical (unpaired) electrons. The van der Waals surface area contributed by atoms with Crippen LogP contribution in [0.5, 0.6) is 0 Å². The van der Waals surface area contributed by atoms with Gasteiger partial charge in [-0.05, 0) is 43.2 Å². The van der Waals surface area contributed by atoms with Gasteiger partial charge in [0.05, 0.1) is 11.3 Å². The van der Waals surface area contributed by atoms with Gasteiger partial charge in [0, 0.05) is 24.8 Å². The maximum absolute atomic E-state index is 12.8. The minimum Gasteiger partial charge on any atom is -0.383 e. The maximum Gasteiger partial charge on any atom is 0.416 e. The van der Waals surface area contributed by atoms with Crippen molar-refractivity contribution in [2.24, 2.45) is 0 Å². The van der Waals surface area contributed by atoms with Crippen molar-refractivity contribution in [3.8, 4) is 0 Å². The zero-order valence-electron chi connectivity index (χ0n) is 13.3. The Labute approximate surface area is 142 Å². The first kappa shape index (κ1) is 17.4.